The van der Waals surface area contributed by atoms with Gasteiger partial charge in [-0.15, -0.1) is 0 Å². The highest BCUT2D eigenvalue weighted by molar-refractivity contribution is 7.88. The lowest BCUT2D eigenvalue weighted by Gasteiger charge is -2.09. The fourth-order valence-corrected chi connectivity index (χ4v) is 1.99. The Labute approximate surface area is 112 Å². The molecular formula is C10H17ClN4O2S. The quantitative estimate of drug-likeness (QED) is 0.767. The lowest BCUT2D eigenvalue weighted by Crippen LogP contribution is -2.24. The Morgan fingerprint density at radius 3 is 2.39 bits per heavy atom. The van der Waals surface area contributed by atoms with Crippen LogP contribution in [0.15, 0.2) is 0 Å². The van der Waals surface area contributed by atoms with Gasteiger partial charge in [-0.05, 0) is 20.3 Å². The molecule has 2 N–H and O–H groups in total. The van der Waals surface area contributed by atoms with Gasteiger partial charge in [0, 0.05) is 13.1 Å². The predicted molar refractivity (Wildman–Crippen MR) is 72.5 cm³/mol. The van der Waals surface area contributed by atoms with Gasteiger partial charge < -0.3 is 5.32 Å². The van der Waals surface area contributed by atoms with Crippen LogP contribution in [0.4, 0.5) is 5.82 Å². The van der Waals surface area contributed by atoms with Gasteiger partial charge in [0.25, 0.3) is 0 Å². The monoisotopic (exact) mass is 292 g/mol. The highest BCUT2D eigenvalue weighted by atomic mass is 35.5. The third kappa shape index (κ3) is 5.16. The van der Waals surface area contributed by atoms with Crippen molar-refractivity contribution in [1.29, 1.82) is 0 Å². The molecule has 0 fully saturated rings. The van der Waals surface area contributed by atoms with Crippen molar-refractivity contribution >= 4 is 27.4 Å². The van der Waals surface area contributed by atoms with Crippen molar-refractivity contribution in [2.45, 2.75) is 20.3 Å². The first-order valence-electron chi connectivity index (χ1n) is 5.49. The number of rotatable bonds is 6. The minimum Gasteiger partial charge on any atom is -0.367 e. The van der Waals surface area contributed by atoms with Gasteiger partial charge in [0.2, 0.25) is 10.0 Å². The lowest BCUT2D eigenvalue weighted by molar-refractivity contribution is 0.586. The van der Waals surface area contributed by atoms with Crippen molar-refractivity contribution in [1.82, 2.24) is 14.7 Å². The minimum absolute atomic E-state index is 0.328. The number of nitrogens with zero attached hydrogens (tertiary/aromatic N) is 2. The average molecular weight is 293 g/mol. The van der Waals surface area contributed by atoms with Crippen molar-refractivity contribution < 1.29 is 8.42 Å². The Morgan fingerprint density at radius 2 is 1.78 bits per heavy atom. The van der Waals surface area contributed by atoms with Gasteiger partial charge in [0.05, 0.1) is 17.6 Å². The van der Waals surface area contributed by atoms with Crippen molar-refractivity contribution in [3.63, 3.8) is 0 Å². The molecule has 1 heterocycles. The first-order chi connectivity index (χ1) is 8.29. The van der Waals surface area contributed by atoms with Gasteiger partial charge in [-0.3, -0.25) is 0 Å². The van der Waals surface area contributed by atoms with E-state index in [1.54, 1.807) is 0 Å². The zero-order chi connectivity index (χ0) is 13.8. The smallest absolute Gasteiger partial charge is 0.208 e. The fourth-order valence-electron chi connectivity index (χ4n) is 1.24. The summed E-state index contributed by atoms with van der Waals surface area (Å²) < 4.78 is 24.1. The Morgan fingerprint density at radius 1 is 1.17 bits per heavy atom. The lowest BCUT2D eigenvalue weighted by atomic mass is 10.3. The third-order valence-corrected chi connectivity index (χ3v) is 3.27. The molecule has 0 atom stereocenters. The van der Waals surface area contributed by atoms with Gasteiger partial charge in [0.15, 0.2) is 11.0 Å². The summed E-state index contributed by atoms with van der Waals surface area (Å²) in [5, 5.41) is 3.35. The van der Waals surface area contributed by atoms with Crippen LogP contribution in [0.5, 0.6) is 0 Å². The first kappa shape index (κ1) is 15.1. The number of anilines is 1. The molecule has 6 nitrogen and oxygen atoms in total. The Balaban J connectivity index is 2.43. The van der Waals surface area contributed by atoms with Crippen LogP contribution in [0, 0.1) is 13.8 Å². The molecule has 8 heteroatoms. The highest BCUT2D eigenvalue weighted by Gasteiger charge is 2.06. The number of hydrogen-bond donors (Lipinski definition) is 2. The van der Waals surface area contributed by atoms with Crippen LogP contribution < -0.4 is 10.0 Å². The number of halogens is 1. The van der Waals surface area contributed by atoms with Gasteiger partial charge in [-0.2, -0.15) is 0 Å². The summed E-state index contributed by atoms with van der Waals surface area (Å²) in [6, 6.07) is 0. The molecule has 18 heavy (non-hydrogen) atoms. The predicted octanol–water partition coefficient (Wildman–Crippen LogP) is 1.10. The second-order valence-corrected chi connectivity index (χ2v) is 6.17. The summed E-state index contributed by atoms with van der Waals surface area (Å²) in [4.78, 5) is 8.41. The number of aryl methyl sites for hydroxylation is 2. The molecule has 0 aliphatic carbocycles. The van der Waals surface area contributed by atoms with Crippen molar-refractivity contribution in [2.24, 2.45) is 0 Å². The molecular weight excluding hydrogens is 276 g/mol. The first-order valence-corrected chi connectivity index (χ1v) is 7.76. The van der Waals surface area contributed by atoms with Gasteiger partial charge in [0.1, 0.15) is 0 Å². The minimum atomic E-state index is -3.12. The largest absolute Gasteiger partial charge is 0.367 e. The topological polar surface area (TPSA) is 84.0 Å². The van der Waals surface area contributed by atoms with E-state index in [0.717, 1.165) is 17.6 Å². The van der Waals surface area contributed by atoms with Crippen LogP contribution in [0.1, 0.15) is 17.8 Å². The molecule has 0 aliphatic heterocycles. The zero-order valence-electron chi connectivity index (χ0n) is 10.6. The van der Waals surface area contributed by atoms with Crippen molar-refractivity contribution in [3.05, 3.63) is 16.5 Å². The summed E-state index contributed by atoms with van der Waals surface area (Å²) in [6.45, 7) is 4.64. The molecule has 0 spiro atoms. The zero-order valence-corrected chi connectivity index (χ0v) is 12.2. The molecule has 0 saturated heterocycles. The molecule has 1 aromatic heterocycles. The number of hydrogen-bond acceptors (Lipinski definition) is 5. The van der Waals surface area contributed by atoms with E-state index in [1.165, 1.54) is 0 Å². The molecule has 0 aliphatic rings. The summed E-state index contributed by atoms with van der Waals surface area (Å²) in [5.74, 6) is 0.527. The van der Waals surface area contributed by atoms with E-state index in [0.29, 0.717) is 30.5 Å². The van der Waals surface area contributed by atoms with E-state index >= 15 is 0 Å². The van der Waals surface area contributed by atoms with E-state index in [2.05, 4.69) is 20.0 Å². The van der Waals surface area contributed by atoms with E-state index in [4.69, 9.17) is 11.6 Å². The maximum atomic E-state index is 10.8. The molecule has 0 radical (unpaired) electrons. The molecule has 0 unspecified atom stereocenters. The van der Waals surface area contributed by atoms with Gasteiger partial charge in [-0.1, -0.05) is 11.6 Å². The second kappa shape index (κ2) is 6.31. The fraction of sp³-hybridized carbons (Fsp3) is 0.600. The van der Waals surface area contributed by atoms with Crippen LogP contribution >= 0.6 is 11.6 Å². The van der Waals surface area contributed by atoms with Crippen LogP contribution in [0.3, 0.4) is 0 Å². The van der Waals surface area contributed by atoms with Crippen LogP contribution in [0.2, 0.25) is 5.15 Å². The van der Waals surface area contributed by atoms with Crippen molar-refractivity contribution in [2.75, 3.05) is 24.7 Å². The maximum absolute atomic E-state index is 10.8. The Kier molecular flexibility index (Phi) is 5.30. The Hall–Kier alpha value is -0.920. The SMILES string of the molecule is Cc1nc(Cl)c(NCCCNS(C)(=O)=O)nc1C. The van der Waals surface area contributed by atoms with E-state index in [9.17, 15) is 8.42 Å². The van der Waals surface area contributed by atoms with Gasteiger partial charge in [-0.25, -0.2) is 23.1 Å². The molecule has 0 amide bonds. The normalized spacial score (nSPS) is 11.6. The molecule has 0 saturated carbocycles. The number of sulfonamides is 1. The van der Waals surface area contributed by atoms with Crippen LogP contribution in [-0.2, 0) is 10.0 Å². The summed E-state index contributed by atoms with van der Waals surface area (Å²) in [6.07, 6.45) is 1.77. The molecule has 0 bridgehead atoms. The average Bonchev–Trinajstić information content (AvgIpc) is 2.23. The summed E-state index contributed by atoms with van der Waals surface area (Å²) in [5.41, 5.74) is 1.61. The van der Waals surface area contributed by atoms with Crippen LogP contribution in [0.25, 0.3) is 0 Å². The van der Waals surface area contributed by atoms with E-state index in [1.807, 2.05) is 13.8 Å². The summed E-state index contributed by atoms with van der Waals surface area (Å²) >= 11 is 5.94. The molecule has 1 rings (SSSR count). The van der Waals surface area contributed by atoms with Crippen molar-refractivity contribution in [3.8, 4) is 0 Å². The number of aromatic nitrogens is 2. The third-order valence-electron chi connectivity index (χ3n) is 2.27. The molecule has 0 aromatic carbocycles. The second-order valence-electron chi connectivity index (χ2n) is 3.98. The Bertz CT molecular complexity index is 519. The molecule has 102 valence electrons. The number of nitrogens with one attached hydrogen (secondary N) is 2. The maximum Gasteiger partial charge on any atom is 0.208 e. The standard InChI is InChI=1S/C10H17ClN4O2S/c1-7-8(2)15-10(9(11)14-7)12-5-4-6-13-18(3,16)17/h13H,4-6H2,1-3H3,(H,12,15). The summed E-state index contributed by atoms with van der Waals surface area (Å²) in [7, 11) is -3.12. The highest BCUT2D eigenvalue weighted by Crippen LogP contribution is 2.17. The van der Waals surface area contributed by atoms with Crippen LogP contribution in [-0.4, -0.2) is 37.7 Å². The van der Waals surface area contributed by atoms with Gasteiger partial charge >= 0.3 is 0 Å². The molecule has 1 aromatic rings. The van der Waals surface area contributed by atoms with E-state index < -0.39 is 10.0 Å². The van der Waals surface area contributed by atoms with E-state index in [-0.39, 0.29) is 0 Å².